The summed E-state index contributed by atoms with van der Waals surface area (Å²) in [5.41, 5.74) is 0.104. The van der Waals surface area contributed by atoms with Crippen LogP contribution in [0, 0.1) is 17.3 Å². The summed E-state index contributed by atoms with van der Waals surface area (Å²) in [6.07, 6.45) is 0.736. The van der Waals surface area contributed by atoms with E-state index in [-0.39, 0.29) is 17.3 Å². The highest BCUT2D eigenvalue weighted by molar-refractivity contribution is 5.70. The number of rotatable bonds is 4. The molecule has 1 atom stereocenters. The molecular formula is C10H18O3. The van der Waals surface area contributed by atoms with Crippen molar-refractivity contribution < 1.29 is 14.6 Å². The lowest BCUT2D eigenvalue weighted by Gasteiger charge is -2.40. The van der Waals surface area contributed by atoms with Crippen molar-refractivity contribution in [1.29, 1.82) is 0 Å². The van der Waals surface area contributed by atoms with Crippen molar-refractivity contribution in [3.05, 3.63) is 0 Å². The fourth-order valence-corrected chi connectivity index (χ4v) is 1.71. The molecule has 0 saturated carbocycles. The Kier molecular flexibility index (Phi) is 2.96. The van der Waals surface area contributed by atoms with Crippen molar-refractivity contribution >= 4 is 5.97 Å². The molecule has 1 unspecified atom stereocenters. The molecule has 1 heterocycles. The zero-order chi connectivity index (χ0) is 10.1. The molecule has 13 heavy (non-hydrogen) atoms. The van der Waals surface area contributed by atoms with Gasteiger partial charge in [-0.15, -0.1) is 0 Å². The lowest BCUT2D eigenvalue weighted by atomic mass is 9.76. The topological polar surface area (TPSA) is 46.5 Å². The lowest BCUT2D eigenvalue weighted by molar-refractivity contribution is -0.152. The van der Waals surface area contributed by atoms with E-state index in [0.29, 0.717) is 13.2 Å². The summed E-state index contributed by atoms with van der Waals surface area (Å²) in [6, 6.07) is 0. The van der Waals surface area contributed by atoms with Crippen LogP contribution in [-0.4, -0.2) is 24.3 Å². The largest absolute Gasteiger partial charge is 0.481 e. The third kappa shape index (κ3) is 2.44. The Balaban J connectivity index is 2.52. The number of hydrogen-bond donors (Lipinski definition) is 1. The van der Waals surface area contributed by atoms with Crippen molar-refractivity contribution in [1.82, 2.24) is 0 Å². The fourth-order valence-electron chi connectivity index (χ4n) is 1.71. The zero-order valence-corrected chi connectivity index (χ0v) is 8.54. The maximum atomic E-state index is 10.9. The molecule has 0 radical (unpaired) electrons. The standard InChI is InChI=1S/C10H18O3/c1-7(2)8(9(11)12)4-10(3)5-13-6-10/h7-8H,4-6H2,1-3H3,(H,11,12). The summed E-state index contributed by atoms with van der Waals surface area (Å²) in [5, 5.41) is 8.99. The summed E-state index contributed by atoms with van der Waals surface area (Å²) >= 11 is 0. The maximum Gasteiger partial charge on any atom is 0.306 e. The van der Waals surface area contributed by atoms with Gasteiger partial charge < -0.3 is 9.84 Å². The highest BCUT2D eigenvalue weighted by Crippen LogP contribution is 2.36. The van der Waals surface area contributed by atoms with Gasteiger partial charge in [0.15, 0.2) is 0 Å². The van der Waals surface area contributed by atoms with Gasteiger partial charge in [-0.3, -0.25) is 4.79 Å². The van der Waals surface area contributed by atoms with Gasteiger partial charge in [-0.25, -0.2) is 0 Å². The van der Waals surface area contributed by atoms with Crippen molar-refractivity contribution in [2.45, 2.75) is 27.2 Å². The average Bonchev–Trinajstić information content (AvgIpc) is 1.95. The van der Waals surface area contributed by atoms with Gasteiger partial charge in [0.25, 0.3) is 0 Å². The molecule has 0 aromatic heterocycles. The molecule has 76 valence electrons. The van der Waals surface area contributed by atoms with Gasteiger partial charge in [0.1, 0.15) is 0 Å². The lowest BCUT2D eigenvalue weighted by Crippen LogP contribution is -2.43. The maximum absolute atomic E-state index is 10.9. The first-order valence-corrected chi connectivity index (χ1v) is 4.75. The van der Waals surface area contributed by atoms with Gasteiger partial charge in [-0.1, -0.05) is 20.8 Å². The Morgan fingerprint density at radius 1 is 1.54 bits per heavy atom. The number of aliphatic carboxylic acids is 1. The predicted octanol–water partition coefficient (Wildman–Crippen LogP) is 1.77. The van der Waals surface area contributed by atoms with Gasteiger partial charge in [-0.2, -0.15) is 0 Å². The summed E-state index contributed by atoms with van der Waals surface area (Å²) in [6.45, 7) is 7.44. The van der Waals surface area contributed by atoms with E-state index in [1.54, 1.807) is 0 Å². The van der Waals surface area contributed by atoms with E-state index >= 15 is 0 Å². The Morgan fingerprint density at radius 2 is 2.08 bits per heavy atom. The molecular weight excluding hydrogens is 168 g/mol. The van der Waals surface area contributed by atoms with E-state index in [0.717, 1.165) is 6.42 Å². The molecule has 0 aliphatic carbocycles. The quantitative estimate of drug-likeness (QED) is 0.727. The summed E-state index contributed by atoms with van der Waals surface area (Å²) in [5.74, 6) is -0.702. The zero-order valence-electron chi connectivity index (χ0n) is 8.54. The van der Waals surface area contributed by atoms with Crippen LogP contribution in [0.25, 0.3) is 0 Å². The van der Waals surface area contributed by atoms with Gasteiger partial charge >= 0.3 is 5.97 Å². The number of carboxylic acids is 1. The van der Waals surface area contributed by atoms with Gasteiger partial charge in [0.2, 0.25) is 0 Å². The Labute approximate surface area is 79.1 Å². The second-order valence-corrected chi connectivity index (χ2v) is 4.70. The first kappa shape index (κ1) is 10.5. The monoisotopic (exact) mass is 186 g/mol. The average molecular weight is 186 g/mol. The molecule has 1 N–H and O–H groups in total. The predicted molar refractivity (Wildman–Crippen MR) is 49.5 cm³/mol. The molecule has 0 bridgehead atoms. The number of carbonyl (C=O) groups is 1. The highest BCUT2D eigenvalue weighted by atomic mass is 16.5. The molecule has 0 aromatic carbocycles. The van der Waals surface area contributed by atoms with E-state index in [2.05, 4.69) is 6.92 Å². The fraction of sp³-hybridized carbons (Fsp3) is 0.900. The molecule has 1 aliphatic rings. The van der Waals surface area contributed by atoms with Crippen molar-refractivity contribution in [3.63, 3.8) is 0 Å². The van der Waals surface area contributed by atoms with Crippen LogP contribution in [0.5, 0.6) is 0 Å². The first-order valence-electron chi connectivity index (χ1n) is 4.75. The van der Waals surface area contributed by atoms with Crippen molar-refractivity contribution in [2.24, 2.45) is 17.3 Å². The van der Waals surface area contributed by atoms with Gasteiger partial charge in [0.05, 0.1) is 19.1 Å². The molecule has 3 nitrogen and oxygen atoms in total. The van der Waals surface area contributed by atoms with Crippen LogP contribution in [0.1, 0.15) is 27.2 Å². The van der Waals surface area contributed by atoms with E-state index < -0.39 is 5.97 Å². The SMILES string of the molecule is CC(C)C(CC1(C)COC1)C(=O)O. The normalized spacial score (nSPS) is 22.5. The Bertz CT molecular complexity index is 194. The third-order valence-electron chi connectivity index (χ3n) is 2.74. The van der Waals surface area contributed by atoms with Crippen LogP contribution >= 0.6 is 0 Å². The molecule has 3 heteroatoms. The summed E-state index contributed by atoms with van der Waals surface area (Å²) in [4.78, 5) is 10.9. The molecule has 1 aliphatic heterocycles. The van der Waals surface area contributed by atoms with Crippen LogP contribution in [0.3, 0.4) is 0 Å². The third-order valence-corrected chi connectivity index (χ3v) is 2.74. The van der Waals surface area contributed by atoms with Crippen LogP contribution < -0.4 is 0 Å². The smallest absolute Gasteiger partial charge is 0.306 e. The minimum Gasteiger partial charge on any atom is -0.481 e. The minimum atomic E-state index is -0.678. The summed E-state index contributed by atoms with van der Waals surface area (Å²) in [7, 11) is 0. The minimum absolute atomic E-state index is 0.104. The van der Waals surface area contributed by atoms with Crippen molar-refractivity contribution in [2.75, 3.05) is 13.2 Å². The van der Waals surface area contributed by atoms with E-state index in [1.165, 1.54) is 0 Å². The van der Waals surface area contributed by atoms with E-state index in [1.807, 2.05) is 13.8 Å². The van der Waals surface area contributed by atoms with Gasteiger partial charge in [0, 0.05) is 5.41 Å². The van der Waals surface area contributed by atoms with Crippen LogP contribution in [-0.2, 0) is 9.53 Å². The van der Waals surface area contributed by atoms with E-state index in [9.17, 15) is 4.79 Å². The van der Waals surface area contributed by atoms with Crippen LogP contribution in [0.4, 0.5) is 0 Å². The molecule has 0 spiro atoms. The Morgan fingerprint density at radius 3 is 2.31 bits per heavy atom. The second kappa shape index (κ2) is 3.66. The summed E-state index contributed by atoms with van der Waals surface area (Å²) < 4.78 is 5.11. The second-order valence-electron chi connectivity index (χ2n) is 4.70. The van der Waals surface area contributed by atoms with Gasteiger partial charge in [-0.05, 0) is 12.3 Å². The Hall–Kier alpha value is -0.570. The number of ether oxygens (including phenoxy) is 1. The number of carboxylic acid groups (broad SMARTS) is 1. The number of hydrogen-bond acceptors (Lipinski definition) is 2. The molecule has 1 fully saturated rings. The first-order chi connectivity index (χ1) is 5.94. The highest BCUT2D eigenvalue weighted by Gasteiger charge is 2.38. The molecule has 1 saturated heterocycles. The molecule has 1 rings (SSSR count). The molecule has 0 aromatic rings. The van der Waals surface area contributed by atoms with Crippen molar-refractivity contribution in [3.8, 4) is 0 Å². The molecule has 0 amide bonds. The van der Waals surface area contributed by atoms with Crippen LogP contribution in [0.15, 0.2) is 0 Å². The van der Waals surface area contributed by atoms with Crippen LogP contribution in [0.2, 0.25) is 0 Å². The van der Waals surface area contributed by atoms with E-state index in [4.69, 9.17) is 9.84 Å².